The number of hydrogen-bond acceptors (Lipinski definition) is 3. The Kier molecular flexibility index (Phi) is 5.62. The number of nitrogens with zero attached hydrogens (tertiary/aromatic N) is 1. The van der Waals surface area contributed by atoms with Gasteiger partial charge in [0.1, 0.15) is 12.4 Å². The van der Waals surface area contributed by atoms with E-state index in [1.54, 1.807) is 0 Å². The van der Waals surface area contributed by atoms with Crippen molar-refractivity contribution in [3.05, 3.63) is 29.8 Å². The Hall–Kier alpha value is -1.55. The second-order valence-corrected chi connectivity index (χ2v) is 6.09. The molecule has 1 saturated heterocycles. The van der Waals surface area contributed by atoms with Gasteiger partial charge in [-0.25, -0.2) is 0 Å². The maximum atomic E-state index is 12.2. The molecule has 1 aromatic carbocycles. The van der Waals surface area contributed by atoms with Crippen LogP contribution in [0, 0.1) is 12.8 Å². The topological polar surface area (TPSA) is 41.6 Å². The van der Waals surface area contributed by atoms with Crippen LogP contribution in [0.25, 0.3) is 0 Å². The molecule has 0 aromatic heterocycles. The van der Waals surface area contributed by atoms with Gasteiger partial charge in [0.05, 0.1) is 12.0 Å². The SMILES string of the molecule is Cc1ccccc1OC[C@@H](C)NC(=O)[C@@H]1CCCN(C)C1. The third-order valence-electron chi connectivity index (χ3n) is 3.97. The lowest BCUT2D eigenvalue weighted by Gasteiger charge is -2.29. The summed E-state index contributed by atoms with van der Waals surface area (Å²) >= 11 is 0. The van der Waals surface area contributed by atoms with E-state index in [2.05, 4.69) is 17.3 Å². The van der Waals surface area contributed by atoms with Crippen LogP contribution in [0.5, 0.6) is 5.75 Å². The number of para-hydroxylation sites is 1. The molecule has 2 atom stereocenters. The Morgan fingerprint density at radius 2 is 2.24 bits per heavy atom. The molecule has 116 valence electrons. The van der Waals surface area contributed by atoms with Crippen molar-refractivity contribution < 1.29 is 9.53 Å². The number of rotatable bonds is 5. The van der Waals surface area contributed by atoms with Crippen LogP contribution in [0.2, 0.25) is 0 Å². The maximum Gasteiger partial charge on any atom is 0.224 e. The van der Waals surface area contributed by atoms with Gasteiger partial charge in [-0.2, -0.15) is 0 Å². The summed E-state index contributed by atoms with van der Waals surface area (Å²) in [7, 11) is 2.07. The standard InChI is InChI=1S/C17H26N2O2/c1-13-7-4-5-9-16(13)21-12-14(2)18-17(20)15-8-6-10-19(3)11-15/h4-5,7,9,14-15H,6,8,10-12H2,1-3H3,(H,18,20)/t14-,15-/m1/s1. The summed E-state index contributed by atoms with van der Waals surface area (Å²) in [4.78, 5) is 14.5. The van der Waals surface area contributed by atoms with Crippen LogP contribution in [0.4, 0.5) is 0 Å². The van der Waals surface area contributed by atoms with E-state index in [9.17, 15) is 4.79 Å². The fourth-order valence-electron chi connectivity index (χ4n) is 2.72. The Labute approximate surface area is 127 Å². The molecule has 0 aliphatic carbocycles. The summed E-state index contributed by atoms with van der Waals surface area (Å²) in [5, 5.41) is 3.07. The minimum absolute atomic E-state index is 0.0179. The molecule has 4 heteroatoms. The van der Waals surface area contributed by atoms with Gasteiger partial charge in [-0.1, -0.05) is 18.2 Å². The van der Waals surface area contributed by atoms with E-state index >= 15 is 0 Å². The number of likely N-dealkylation sites (tertiary alicyclic amines) is 1. The summed E-state index contributed by atoms with van der Waals surface area (Å²) < 4.78 is 5.78. The number of piperidine rings is 1. The lowest BCUT2D eigenvalue weighted by molar-refractivity contribution is -0.127. The lowest BCUT2D eigenvalue weighted by atomic mass is 9.97. The number of carbonyl (C=O) groups excluding carboxylic acids is 1. The smallest absolute Gasteiger partial charge is 0.224 e. The van der Waals surface area contributed by atoms with Gasteiger partial charge in [0, 0.05) is 6.54 Å². The molecule has 1 aliphatic heterocycles. The summed E-state index contributed by atoms with van der Waals surface area (Å²) in [6.07, 6.45) is 2.09. The average Bonchev–Trinajstić information content (AvgIpc) is 2.46. The molecule has 1 aromatic rings. The summed E-state index contributed by atoms with van der Waals surface area (Å²) in [6, 6.07) is 7.96. The molecular weight excluding hydrogens is 264 g/mol. The summed E-state index contributed by atoms with van der Waals surface area (Å²) in [6.45, 7) is 6.46. The van der Waals surface area contributed by atoms with Crippen LogP contribution in [-0.2, 0) is 4.79 Å². The number of hydrogen-bond donors (Lipinski definition) is 1. The van der Waals surface area contributed by atoms with Gasteiger partial charge in [0.25, 0.3) is 0 Å². The first-order valence-electron chi connectivity index (χ1n) is 7.73. The van der Waals surface area contributed by atoms with Gasteiger partial charge in [-0.15, -0.1) is 0 Å². The number of amides is 1. The maximum absolute atomic E-state index is 12.2. The van der Waals surface area contributed by atoms with Crippen LogP contribution in [0.15, 0.2) is 24.3 Å². The minimum atomic E-state index is 0.0179. The van der Waals surface area contributed by atoms with Gasteiger partial charge >= 0.3 is 0 Å². The fourth-order valence-corrected chi connectivity index (χ4v) is 2.72. The molecule has 1 fully saturated rings. The van der Waals surface area contributed by atoms with Crippen molar-refractivity contribution in [1.82, 2.24) is 10.2 Å². The van der Waals surface area contributed by atoms with Gasteiger partial charge < -0.3 is 15.0 Å². The van der Waals surface area contributed by atoms with Crippen molar-refractivity contribution in [2.75, 3.05) is 26.7 Å². The highest BCUT2D eigenvalue weighted by Gasteiger charge is 2.24. The zero-order valence-corrected chi connectivity index (χ0v) is 13.3. The third-order valence-corrected chi connectivity index (χ3v) is 3.97. The van der Waals surface area contributed by atoms with Crippen molar-refractivity contribution >= 4 is 5.91 Å². The van der Waals surface area contributed by atoms with E-state index in [1.165, 1.54) is 0 Å². The van der Waals surface area contributed by atoms with E-state index in [1.807, 2.05) is 38.1 Å². The number of aryl methyl sites for hydroxylation is 1. The van der Waals surface area contributed by atoms with Gasteiger partial charge in [0.2, 0.25) is 5.91 Å². The largest absolute Gasteiger partial charge is 0.491 e. The highest BCUT2D eigenvalue weighted by atomic mass is 16.5. The van der Waals surface area contributed by atoms with E-state index in [4.69, 9.17) is 4.74 Å². The van der Waals surface area contributed by atoms with Crippen LogP contribution < -0.4 is 10.1 Å². The van der Waals surface area contributed by atoms with E-state index in [-0.39, 0.29) is 17.9 Å². The molecule has 0 saturated carbocycles. The highest BCUT2D eigenvalue weighted by Crippen LogP contribution is 2.17. The van der Waals surface area contributed by atoms with Crippen LogP contribution in [0.3, 0.4) is 0 Å². The van der Waals surface area contributed by atoms with Crippen LogP contribution in [-0.4, -0.2) is 43.6 Å². The number of benzene rings is 1. The average molecular weight is 290 g/mol. The first-order chi connectivity index (χ1) is 10.1. The predicted molar refractivity (Wildman–Crippen MR) is 84.5 cm³/mol. The quantitative estimate of drug-likeness (QED) is 0.904. The molecule has 4 nitrogen and oxygen atoms in total. The molecule has 0 bridgehead atoms. The zero-order valence-electron chi connectivity index (χ0n) is 13.3. The van der Waals surface area contributed by atoms with Crippen LogP contribution in [0.1, 0.15) is 25.3 Å². The second-order valence-electron chi connectivity index (χ2n) is 6.09. The number of ether oxygens (including phenoxy) is 1. The van der Waals surface area contributed by atoms with E-state index in [0.29, 0.717) is 6.61 Å². The molecule has 1 amide bonds. The number of carbonyl (C=O) groups is 1. The highest BCUT2D eigenvalue weighted by molar-refractivity contribution is 5.79. The minimum Gasteiger partial charge on any atom is -0.491 e. The van der Waals surface area contributed by atoms with Crippen molar-refractivity contribution in [1.29, 1.82) is 0 Å². The molecule has 1 heterocycles. The number of nitrogens with one attached hydrogen (secondary N) is 1. The van der Waals surface area contributed by atoms with E-state index in [0.717, 1.165) is 37.2 Å². The van der Waals surface area contributed by atoms with Crippen molar-refractivity contribution in [3.63, 3.8) is 0 Å². The molecule has 0 radical (unpaired) electrons. The zero-order chi connectivity index (χ0) is 15.2. The first kappa shape index (κ1) is 15.8. The molecule has 0 unspecified atom stereocenters. The first-order valence-corrected chi connectivity index (χ1v) is 7.73. The Morgan fingerprint density at radius 1 is 1.48 bits per heavy atom. The molecule has 1 aliphatic rings. The van der Waals surface area contributed by atoms with Crippen molar-refractivity contribution in [2.45, 2.75) is 32.7 Å². The van der Waals surface area contributed by atoms with Gasteiger partial charge in [0.15, 0.2) is 0 Å². The molecule has 1 N–H and O–H groups in total. The second kappa shape index (κ2) is 7.46. The molecule has 0 spiro atoms. The molecule has 2 rings (SSSR count). The summed E-state index contributed by atoms with van der Waals surface area (Å²) in [5.41, 5.74) is 1.12. The van der Waals surface area contributed by atoms with Gasteiger partial charge in [-0.3, -0.25) is 4.79 Å². The molecular formula is C17H26N2O2. The summed E-state index contributed by atoms with van der Waals surface area (Å²) in [5.74, 6) is 1.16. The lowest BCUT2D eigenvalue weighted by Crippen LogP contribution is -2.45. The fraction of sp³-hybridized carbons (Fsp3) is 0.588. The van der Waals surface area contributed by atoms with Crippen molar-refractivity contribution in [2.24, 2.45) is 5.92 Å². The molecule has 21 heavy (non-hydrogen) atoms. The normalized spacial score (nSPS) is 20.8. The van der Waals surface area contributed by atoms with E-state index < -0.39 is 0 Å². The Balaban J connectivity index is 1.77. The predicted octanol–water partition coefficient (Wildman–Crippen LogP) is 2.22. The Bertz CT molecular complexity index is 476. The monoisotopic (exact) mass is 290 g/mol. The van der Waals surface area contributed by atoms with Crippen molar-refractivity contribution in [3.8, 4) is 5.75 Å². The van der Waals surface area contributed by atoms with Gasteiger partial charge in [-0.05, 0) is 51.9 Å². The Morgan fingerprint density at radius 3 is 2.95 bits per heavy atom. The van der Waals surface area contributed by atoms with Crippen LogP contribution >= 0.6 is 0 Å². The third kappa shape index (κ3) is 4.74.